The Morgan fingerprint density at radius 3 is 2.45 bits per heavy atom. The number of hydrogen-bond acceptors (Lipinski definition) is 2. The van der Waals surface area contributed by atoms with Gasteiger partial charge in [0.25, 0.3) is 0 Å². The standard InChI is InChI=1S/C20H28O2/c1-14-9-8-12-20(3,4)18(14)13-17(15(2)21)19(22)16-10-6-5-7-11-16/h5-7,10-11,17,19,22H,8-9,12-13H2,1-4H3/t17-,19-/m0/s1. The van der Waals surface area contributed by atoms with E-state index in [1.54, 1.807) is 6.92 Å². The second kappa shape index (κ2) is 6.78. The molecule has 0 spiro atoms. The lowest BCUT2D eigenvalue weighted by Crippen LogP contribution is -2.27. The Labute approximate surface area is 134 Å². The maximum atomic E-state index is 12.2. The lowest BCUT2D eigenvalue weighted by molar-refractivity contribution is -0.124. The minimum atomic E-state index is -0.725. The average Bonchev–Trinajstić information content (AvgIpc) is 2.46. The first kappa shape index (κ1) is 17.0. The number of rotatable bonds is 5. The van der Waals surface area contributed by atoms with E-state index in [0.717, 1.165) is 18.4 Å². The minimum Gasteiger partial charge on any atom is -0.388 e. The summed E-state index contributed by atoms with van der Waals surface area (Å²) >= 11 is 0. The van der Waals surface area contributed by atoms with Crippen LogP contribution in [0.4, 0.5) is 0 Å². The fraction of sp³-hybridized carbons (Fsp3) is 0.550. The first-order chi connectivity index (χ1) is 10.3. The number of carbonyl (C=O) groups excluding carboxylic acids is 1. The van der Waals surface area contributed by atoms with Gasteiger partial charge in [-0.1, -0.05) is 55.3 Å². The monoisotopic (exact) mass is 300 g/mol. The van der Waals surface area contributed by atoms with Crippen molar-refractivity contribution in [2.45, 2.75) is 59.5 Å². The molecule has 120 valence electrons. The number of Topliss-reactive ketones (excluding diaryl/α,β-unsaturated/α-hetero) is 1. The molecule has 1 aromatic carbocycles. The second-order valence-electron chi connectivity index (χ2n) is 7.27. The average molecular weight is 300 g/mol. The van der Waals surface area contributed by atoms with Crippen molar-refractivity contribution >= 4 is 5.78 Å². The van der Waals surface area contributed by atoms with Crippen molar-refractivity contribution in [3.8, 4) is 0 Å². The fourth-order valence-electron chi connectivity index (χ4n) is 3.71. The molecule has 0 bridgehead atoms. The van der Waals surface area contributed by atoms with Crippen molar-refractivity contribution in [3.63, 3.8) is 0 Å². The predicted octanol–water partition coefficient (Wildman–Crippen LogP) is 4.84. The molecule has 22 heavy (non-hydrogen) atoms. The summed E-state index contributed by atoms with van der Waals surface area (Å²) in [6.07, 6.45) is 3.44. The molecule has 0 aliphatic heterocycles. The Kier molecular flexibility index (Phi) is 5.23. The number of aliphatic hydroxyl groups excluding tert-OH is 1. The van der Waals surface area contributed by atoms with Crippen LogP contribution in [0.25, 0.3) is 0 Å². The lowest BCUT2D eigenvalue weighted by Gasteiger charge is -2.37. The first-order valence-corrected chi connectivity index (χ1v) is 8.25. The van der Waals surface area contributed by atoms with Crippen LogP contribution in [0.15, 0.2) is 41.5 Å². The molecule has 0 saturated carbocycles. The molecule has 1 aromatic rings. The van der Waals surface area contributed by atoms with Gasteiger partial charge >= 0.3 is 0 Å². The van der Waals surface area contributed by atoms with Gasteiger partial charge in [0.05, 0.1) is 12.0 Å². The van der Waals surface area contributed by atoms with Gasteiger partial charge in [0, 0.05) is 0 Å². The third kappa shape index (κ3) is 3.67. The Morgan fingerprint density at radius 2 is 1.91 bits per heavy atom. The normalized spacial score (nSPS) is 20.6. The molecule has 2 atom stereocenters. The topological polar surface area (TPSA) is 37.3 Å². The number of aliphatic hydroxyl groups is 1. The molecule has 2 rings (SSSR count). The van der Waals surface area contributed by atoms with Crippen molar-refractivity contribution in [1.29, 1.82) is 0 Å². The molecule has 0 unspecified atom stereocenters. The zero-order valence-electron chi connectivity index (χ0n) is 14.2. The Bertz CT molecular complexity index is 554. The highest BCUT2D eigenvalue weighted by Gasteiger charge is 2.34. The van der Waals surface area contributed by atoms with Crippen molar-refractivity contribution in [2.75, 3.05) is 0 Å². The summed E-state index contributed by atoms with van der Waals surface area (Å²) in [5, 5.41) is 10.7. The van der Waals surface area contributed by atoms with E-state index in [0.29, 0.717) is 6.42 Å². The first-order valence-electron chi connectivity index (χ1n) is 8.25. The maximum absolute atomic E-state index is 12.2. The van der Waals surface area contributed by atoms with Gasteiger partial charge in [-0.05, 0) is 50.5 Å². The number of benzene rings is 1. The molecule has 0 heterocycles. The van der Waals surface area contributed by atoms with Gasteiger partial charge in [0.2, 0.25) is 0 Å². The van der Waals surface area contributed by atoms with Crippen LogP contribution in [0.1, 0.15) is 65.0 Å². The van der Waals surface area contributed by atoms with E-state index >= 15 is 0 Å². The summed E-state index contributed by atoms with van der Waals surface area (Å²) in [6.45, 7) is 8.30. The Balaban J connectivity index is 2.28. The van der Waals surface area contributed by atoms with Gasteiger partial charge in [0.1, 0.15) is 5.78 Å². The molecule has 1 aliphatic rings. The molecule has 0 fully saturated rings. The number of allylic oxidation sites excluding steroid dienone is 2. The summed E-state index contributed by atoms with van der Waals surface area (Å²) in [6, 6.07) is 9.53. The van der Waals surface area contributed by atoms with E-state index in [-0.39, 0.29) is 17.1 Å². The van der Waals surface area contributed by atoms with Crippen LogP contribution >= 0.6 is 0 Å². The van der Waals surface area contributed by atoms with Crippen molar-refractivity contribution < 1.29 is 9.90 Å². The third-order valence-electron chi connectivity index (χ3n) is 5.15. The number of ketones is 1. The quantitative estimate of drug-likeness (QED) is 0.790. The van der Waals surface area contributed by atoms with Crippen molar-refractivity contribution in [1.82, 2.24) is 0 Å². The number of hydrogen-bond donors (Lipinski definition) is 1. The Morgan fingerprint density at radius 1 is 1.27 bits per heavy atom. The van der Waals surface area contributed by atoms with Crippen LogP contribution in [0.2, 0.25) is 0 Å². The van der Waals surface area contributed by atoms with Crippen LogP contribution in [0.3, 0.4) is 0 Å². The van der Waals surface area contributed by atoms with E-state index in [1.165, 1.54) is 17.6 Å². The van der Waals surface area contributed by atoms with Crippen LogP contribution in [-0.2, 0) is 4.79 Å². The van der Waals surface area contributed by atoms with Crippen molar-refractivity contribution in [3.05, 3.63) is 47.0 Å². The van der Waals surface area contributed by atoms with E-state index in [4.69, 9.17) is 0 Å². The van der Waals surface area contributed by atoms with Crippen molar-refractivity contribution in [2.24, 2.45) is 11.3 Å². The number of carbonyl (C=O) groups is 1. The molecule has 2 heteroatoms. The van der Waals surface area contributed by atoms with E-state index in [1.807, 2.05) is 30.3 Å². The van der Waals surface area contributed by atoms with Gasteiger partial charge in [-0.3, -0.25) is 4.79 Å². The van der Waals surface area contributed by atoms with Gasteiger partial charge in [-0.25, -0.2) is 0 Å². The smallest absolute Gasteiger partial charge is 0.136 e. The molecular weight excluding hydrogens is 272 g/mol. The highest BCUT2D eigenvalue weighted by molar-refractivity contribution is 5.79. The maximum Gasteiger partial charge on any atom is 0.136 e. The summed E-state index contributed by atoms with van der Waals surface area (Å²) in [7, 11) is 0. The third-order valence-corrected chi connectivity index (χ3v) is 5.15. The zero-order chi connectivity index (χ0) is 16.3. The molecule has 1 aliphatic carbocycles. The van der Waals surface area contributed by atoms with Gasteiger partial charge in [0.15, 0.2) is 0 Å². The van der Waals surface area contributed by atoms with Gasteiger partial charge < -0.3 is 5.11 Å². The largest absolute Gasteiger partial charge is 0.388 e. The molecule has 1 N–H and O–H groups in total. The second-order valence-corrected chi connectivity index (χ2v) is 7.27. The highest BCUT2D eigenvalue weighted by Crippen LogP contribution is 2.44. The van der Waals surface area contributed by atoms with Crippen LogP contribution < -0.4 is 0 Å². The summed E-state index contributed by atoms with van der Waals surface area (Å²) in [4.78, 5) is 12.2. The minimum absolute atomic E-state index is 0.0676. The summed E-state index contributed by atoms with van der Waals surface area (Å²) in [5.41, 5.74) is 3.73. The summed E-state index contributed by atoms with van der Waals surface area (Å²) < 4.78 is 0. The highest BCUT2D eigenvalue weighted by atomic mass is 16.3. The lowest BCUT2D eigenvalue weighted by atomic mass is 9.69. The Hall–Kier alpha value is -1.41. The van der Waals surface area contributed by atoms with E-state index < -0.39 is 6.10 Å². The predicted molar refractivity (Wildman–Crippen MR) is 90.5 cm³/mol. The molecule has 0 radical (unpaired) electrons. The SMILES string of the molecule is CC(=O)[C@H](CC1=C(C)CCCC1(C)C)[C@@H](O)c1ccccc1. The molecule has 0 aromatic heterocycles. The van der Waals surface area contributed by atoms with E-state index in [2.05, 4.69) is 20.8 Å². The van der Waals surface area contributed by atoms with Crippen LogP contribution in [0.5, 0.6) is 0 Å². The molecule has 2 nitrogen and oxygen atoms in total. The molecular formula is C20H28O2. The van der Waals surface area contributed by atoms with E-state index in [9.17, 15) is 9.90 Å². The van der Waals surface area contributed by atoms with Crippen LogP contribution in [0, 0.1) is 11.3 Å². The van der Waals surface area contributed by atoms with Crippen LogP contribution in [-0.4, -0.2) is 10.9 Å². The fourth-order valence-corrected chi connectivity index (χ4v) is 3.71. The summed E-state index contributed by atoms with van der Waals surface area (Å²) in [5.74, 6) is -0.289. The molecule has 0 saturated heterocycles. The van der Waals surface area contributed by atoms with Gasteiger partial charge in [-0.2, -0.15) is 0 Å². The zero-order valence-corrected chi connectivity index (χ0v) is 14.2. The van der Waals surface area contributed by atoms with Gasteiger partial charge in [-0.15, -0.1) is 0 Å². The molecule has 0 amide bonds.